The second kappa shape index (κ2) is 6.58. The Kier molecular flexibility index (Phi) is 5.04. The predicted octanol–water partition coefficient (Wildman–Crippen LogP) is 1.69. The molecule has 1 aromatic rings. The van der Waals surface area contributed by atoms with E-state index in [-0.39, 0.29) is 23.6 Å². The maximum absolute atomic E-state index is 11.8. The van der Waals surface area contributed by atoms with Crippen molar-refractivity contribution in [3.8, 4) is 0 Å². The highest BCUT2D eigenvalue weighted by atomic mass is 32.2. The van der Waals surface area contributed by atoms with E-state index in [9.17, 15) is 13.2 Å². The third-order valence-corrected chi connectivity index (χ3v) is 6.34. The first-order valence-electron chi connectivity index (χ1n) is 6.81. The Balaban J connectivity index is 1.77. The van der Waals surface area contributed by atoms with Gasteiger partial charge in [0, 0.05) is 15.8 Å². The molecule has 7 heteroatoms. The summed E-state index contributed by atoms with van der Waals surface area (Å²) in [6, 6.07) is 3.52. The van der Waals surface area contributed by atoms with E-state index in [0.29, 0.717) is 13.0 Å². The molecule has 1 aromatic heterocycles. The summed E-state index contributed by atoms with van der Waals surface area (Å²) in [5.41, 5.74) is 0. The summed E-state index contributed by atoms with van der Waals surface area (Å²) >= 11 is 1.68. The topological polar surface area (TPSA) is 75.3 Å². The molecule has 1 fully saturated rings. The van der Waals surface area contributed by atoms with Gasteiger partial charge in [-0.1, -0.05) is 6.92 Å². The molecule has 5 nitrogen and oxygen atoms in total. The lowest BCUT2D eigenvalue weighted by Crippen LogP contribution is -2.47. The molecule has 1 aliphatic heterocycles. The average molecular weight is 316 g/mol. The number of hydrogen-bond donors (Lipinski definition) is 2. The van der Waals surface area contributed by atoms with Crippen LogP contribution in [0.15, 0.2) is 12.1 Å². The lowest BCUT2D eigenvalue weighted by molar-refractivity contribution is 0.236. The van der Waals surface area contributed by atoms with Crippen molar-refractivity contribution >= 4 is 27.2 Å². The van der Waals surface area contributed by atoms with E-state index in [4.69, 9.17) is 0 Å². The maximum Gasteiger partial charge on any atom is 0.315 e. The van der Waals surface area contributed by atoms with Gasteiger partial charge in [-0.3, -0.25) is 0 Å². The minimum Gasteiger partial charge on any atom is -0.334 e. The summed E-state index contributed by atoms with van der Waals surface area (Å²) in [6.07, 6.45) is 2.35. The minimum absolute atomic E-state index is 0.0550. The Morgan fingerprint density at radius 1 is 1.40 bits per heavy atom. The summed E-state index contributed by atoms with van der Waals surface area (Å²) in [7, 11) is -2.99. The van der Waals surface area contributed by atoms with Crippen molar-refractivity contribution in [1.29, 1.82) is 0 Å². The van der Waals surface area contributed by atoms with E-state index in [1.807, 2.05) is 6.07 Å². The molecule has 1 atom stereocenters. The SMILES string of the molecule is CCc1ccc(CNC(=O)NC2CCCS(=O)(=O)C2)s1. The number of sulfone groups is 1. The molecule has 0 aromatic carbocycles. The maximum atomic E-state index is 11.8. The van der Waals surface area contributed by atoms with Crippen LogP contribution in [0.25, 0.3) is 0 Å². The number of aryl methyl sites for hydroxylation is 1. The fourth-order valence-corrected chi connectivity index (χ4v) is 4.78. The van der Waals surface area contributed by atoms with Crippen molar-refractivity contribution in [2.24, 2.45) is 0 Å². The summed E-state index contributed by atoms with van der Waals surface area (Å²) in [4.78, 5) is 14.2. The van der Waals surface area contributed by atoms with Crippen molar-refractivity contribution in [3.63, 3.8) is 0 Å². The van der Waals surface area contributed by atoms with Crippen molar-refractivity contribution in [2.75, 3.05) is 11.5 Å². The Morgan fingerprint density at radius 3 is 2.80 bits per heavy atom. The van der Waals surface area contributed by atoms with Crippen molar-refractivity contribution in [1.82, 2.24) is 10.6 Å². The Hall–Kier alpha value is -1.08. The van der Waals surface area contributed by atoms with Crippen molar-refractivity contribution in [3.05, 3.63) is 21.9 Å². The highest BCUT2D eigenvalue weighted by molar-refractivity contribution is 7.91. The second-order valence-corrected chi connectivity index (χ2v) is 8.48. The van der Waals surface area contributed by atoms with E-state index in [1.165, 1.54) is 4.88 Å². The molecule has 1 unspecified atom stereocenters. The lowest BCUT2D eigenvalue weighted by atomic mass is 10.2. The van der Waals surface area contributed by atoms with Crippen LogP contribution in [0.2, 0.25) is 0 Å². The highest BCUT2D eigenvalue weighted by Gasteiger charge is 2.25. The fraction of sp³-hybridized carbons (Fsp3) is 0.615. The van der Waals surface area contributed by atoms with Gasteiger partial charge in [0.05, 0.1) is 18.1 Å². The zero-order valence-electron chi connectivity index (χ0n) is 11.5. The van der Waals surface area contributed by atoms with Crippen LogP contribution in [0, 0.1) is 0 Å². The molecule has 2 heterocycles. The number of hydrogen-bond acceptors (Lipinski definition) is 4. The number of carbonyl (C=O) groups is 1. The van der Waals surface area contributed by atoms with Gasteiger partial charge in [0.15, 0.2) is 9.84 Å². The molecular weight excluding hydrogens is 296 g/mol. The molecule has 2 N–H and O–H groups in total. The van der Waals surface area contributed by atoms with Gasteiger partial charge in [-0.2, -0.15) is 0 Å². The zero-order chi connectivity index (χ0) is 14.6. The van der Waals surface area contributed by atoms with Crippen LogP contribution in [0.3, 0.4) is 0 Å². The van der Waals surface area contributed by atoms with Crippen molar-refractivity contribution < 1.29 is 13.2 Å². The van der Waals surface area contributed by atoms with Crippen LogP contribution in [-0.4, -0.2) is 32.0 Å². The number of rotatable bonds is 4. The van der Waals surface area contributed by atoms with Gasteiger partial charge in [-0.05, 0) is 31.4 Å². The Bertz CT molecular complexity index is 566. The molecule has 0 aliphatic carbocycles. The van der Waals surface area contributed by atoms with E-state index in [1.54, 1.807) is 11.3 Å². The van der Waals surface area contributed by atoms with E-state index < -0.39 is 9.84 Å². The van der Waals surface area contributed by atoms with Crippen LogP contribution in [0.4, 0.5) is 4.79 Å². The predicted molar refractivity (Wildman–Crippen MR) is 80.7 cm³/mol. The Labute approximate surface area is 123 Å². The van der Waals surface area contributed by atoms with Gasteiger partial charge >= 0.3 is 6.03 Å². The molecule has 0 saturated carbocycles. The monoisotopic (exact) mass is 316 g/mol. The third-order valence-electron chi connectivity index (χ3n) is 3.29. The summed E-state index contributed by atoms with van der Waals surface area (Å²) in [5, 5.41) is 5.52. The Morgan fingerprint density at radius 2 is 2.15 bits per heavy atom. The lowest BCUT2D eigenvalue weighted by Gasteiger charge is -2.23. The minimum atomic E-state index is -2.99. The second-order valence-electron chi connectivity index (χ2n) is 5.00. The molecular formula is C13H20N2O3S2. The summed E-state index contributed by atoms with van der Waals surface area (Å²) in [6.45, 7) is 2.58. The average Bonchev–Trinajstić information content (AvgIpc) is 2.83. The third kappa shape index (κ3) is 4.49. The molecule has 0 radical (unpaired) electrons. The molecule has 2 amide bonds. The van der Waals surface area contributed by atoms with Gasteiger partial charge in [-0.25, -0.2) is 13.2 Å². The van der Waals surface area contributed by atoms with Gasteiger partial charge in [0.25, 0.3) is 0 Å². The first-order valence-corrected chi connectivity index (χ1v) is 9.44. The van der Waals surface area contributed by atoms with Crippen molar-refractivity contribution in [2.45, 2.75) is 38.8 Å². The van der Waals surface area contributed by atoms with Gasteiger partial charge in [0.1, 0.15) is 0 Å². The van der Waals surface area contributed by atoms with E-state index in [2.05, 4.69) is 23.6 Å². The standard InChI is InChI=1S/C13H20N2O3S2/c1-2-11-5-6-12(19-11)8-14-13(16)15-10-4-3-7-20(17,18)9-10/h5-6,10H,2-4,7-9H2,1H3,(H2,14,15,16). The number of urea groups is 1. The van der Waals surface area contributed by atoms with Gasteiger partial charge < -0.3 is 10.6 Å². The van der Waals surface area contributed by atoms with Gasteiger partial charge in [0.2, 0.25) is 0 Å². The summed E-state index contributed by atoms with van der Waals surface area (Å²) in [5.74, 6) is 0.293. The molecule has 0 bridgehead atoms. The van der Waals surface area contributed by atoms with Crippen LogP contribution < -0.4 is 10.6 Å². The van der Waals surface area contributed by atoms with E-state index in [0.717, 1.165) is 17.7 Å². The first-order chi connectivity index (χ1) is 9.48. The van der Waals surface area contributed by atoms with Crippen LogP contribution in [-0.2, 0) is 22.8 Å². The van der Waals surface area contributed by atoms with Crippen LogP contribution >= 0.6 is 11.3 Å². The van der Waals surface area contributed by atoms with E-state index >= 15 is 0 Å². The smallest absolute Gasteiger partial charge is 0.315 e. The number of carbonyl (C=O) groups excluding carboxylic acids is 1. The molecule has 1 saturated heterocycles. The number of nitrogens with one attached hydrogen (secondary N) is 2. The molecule has 2 rings (SSSR count). The highest BCUT2D eigenvalue weighted by Crippen LogP contribution is 2.16. The first kappa shape index (κ1) is 15.3. The number of thiophene rings is 1. The zero-order valence-corrected chi connectivity index (χ0v) is 13.1. The van der Waals surface area contributed by atoms with Gasteiger partial charge in [-0.15, -0.1) is 11.3 Å². The largest absolute Gasteiger partial charge is 0.334 e. The molecule has 112 valence electrons. The normalized spacial score (nSPS) is 21.4. The van der Waals surface area contributed by atoms with Crippen LogP contribution in [0.5, 0.6) is 0 Å². The summed E-state index contributed by atoms with van der Waals surface area (Å²) < 4.78 is 23.0. The molecule has 1 aliphatic rings. The number of amides is 2. The molecule has 0 spiro atoms. The quantitative estimate of drug-likeness (QED) is 0.887. The fourth-order valence-electron chi connectivity index (χ4n) is 2.25. The van der Waals surface area contributed by atoms with Crippen LogP contribution in [0.1, 0.15) is 29.5 Å². The molecule has 20 heavy (non-hydrogen) atoms.